The number of rotatable bonds is 7. The van der Waals surface area contributed by atoms with Crippen molar-refractivity contribution in [1.82, 2.24) is 30.6 Å². The van der Waals surface area contributed by atoms with E-state index in [9.17, 15) is 9.59 Å². The highest BCUT2D eigenvalue weighted by molar-refractivity contribution is 6.03. The van der Waals surface area contributed by atoms with E-state index in [2.05, 4.69) is 42.8 Å². The third-order valence-electron chi connectivity index (χ3n) is 6.84. The van der Waals surface area contributed by atoms with E-state index >= 15 is 0 Å². The van der Waals surface area contributed by atoms with Gasteiger partial charge in [0.15, 0.2) is 5.69 Å². The fourth-order valence-electron chi connectivity index (χ4n) is 4.78. The molecule has 5 rings (SSSR count). The molecule has 1 saturated heterocycles. The summed E-state index contributed by atoms with van der Waals surface area (Å²) < 4.78 is 5.43. The fourth-order valence-corrected chi connectivity index (χ4v) is 4.78. The van der Waals surface area contributed by atoms with Gasteiger partial charge in [0.05, 0.1) is 6.54 Å². The Morgan fingerprint density at radius 2 is 1.97 bits per heavy atom. The van der Waals surface area contributed by atoms with Gasteiger partial charge in [-0.3, -0.25) is 24.9 Å². The van der Waals surface area contributed by atoms with Crippen molar-refractivity contribution in [3.05, 3.63) is 58.7 Å². The number of hydrogen-bond acceptors (Lipinski definition) is 7. The van der Waals surface area contributed by atoms with Crippen LogP contribution in [0, 0.1) is 5.92 Å². The molecule has 35 heavy (non-hydrogen) atoms. The number of anilines is 1. The third kappa shape index (κ3) is 5.76. The van der Waals surface area contributed by atoms with Crippen LogP contribution in [-0.2, 0) is 24.1 Å². The maximum absolute atomic E-state index is 12.9. The first-order valence-electron chi connectivity index (χ1n) is 12.3. The van der Waals surface area contributed by atoms with Gasteiger partial charge in [-0.15, -0.1) is 5.10 Å². The Hall–Kier alpha value is -3.53. The largest absolute Gasteiger partial charge is 0.360 e. The van der Waals surface area contributed by atoms with Crippen LogP contribution in [0.5, 0.6) is 0 Å². The van der Waals surface area contributed by atoms with Crippen LogP contribution in [-0.4, -0.2) is 62.7 Å². The Bertz CT molecular complexity index is 1160. The van der Waals surface area contributed by atoms with Crippen LogP contribution in [0.25, 0.3) is 0 Å². The summed E-state index contributed by atoms with van der Waals surface area (Å²) in [6.07, 6.45) is 4.76. The van der Waals surface area contributed by atoms with Crippen LogP contribution < -0.4 is 10.6 Å². The summed E-state index contributed by atoms with van der Waals surface area (Å²) in [5.41, 5.74) is 2.05. The lowest BCUT2D eigenvalue weighted by Gasteiger charge is -2.30. The van der Waals surface area contributed by atoms with Crippen LogP contribution in [0.15, 0.2) is 34.9 Å². The zero-order valence-electron chi connectivity index (χ0n) is 19.9. The van der Waals surface area contributed by atoms with Crippen molar-refractivity contribution in [3.63, 3.8) is 0 Å². The van der Waals surface area contributed by atoms with Crippen LogP contribution in [0.4, 0.5) is 5.95 Å². The van der Waals surface area contributed by atoms with Gasteiger partial charge in [0.2, 0.25) is 11.9 Å². The van der Waals surface area contributed by atoms with Crippen molar-refractivity contribution < 1.29 is 14.1 Å². The second kappa shape index (κ2) is 10.4. The molecule has 2 aliphatic rings. The number of benzene rings is 1. The normalized spacial score (nSPS) is 18.7. The van der Waals surface area contributed by atoms with Gasteiger partial charge in [0, 0.05) is 24.4 Å². The number of aromatic nitrogens is 4. The number of carbonyl (C=O) groups excluding carboxylic acids is 2. The minimum Gasteiger partial charge on any atom is -0.360 e. The molecule has 0 saturated carbocycles. The molecule has 10 nitrogen and oxygen atoms in total. The Labute approximate surface area is 203 Å². The SMILES string of the molecule is CC1CCN(CC(=O)NC2CCc3onc(C(=O)Nc4n[nH]c(Cc5ccccc5)n4)c3C2)CC1. The number of nitrogens with zero attached hydrogens (tertiary/aromatic N) is 4. The van der Waals surface area contributed by atoms with Crippen LogP contribution >= 0.6 is 0 Å². The first-order chi connectivity index (χ1) is 17.0. The number of carbonyl (C=O) groups is 2. The minimum atomic E-state index is -0.422. The van der Waals surface area contributed by atoms with Gasteiger partial charge >= 0.3 is 0 Å². The summed E-state index contributed by atoms with van der Waals surface area (Å²) in [5.74, 6) is 1.88. The van der Waals surface area contributed by atoms with Crippen molar-refractivity contribution in [1.29, 1.82) is 0 Å². The number of nitrogens with one attached hydrogen (secondary N) is 3. The van der Waals surface area contributed by atoms with Crippen molar-refractivity contribution in [2.45, 2.75) is 51.5 Å². The second-order valence-electron chi connectivity index (χ2n) is 9.62. The molecule has 0 bridgehead atoms. The molecule has 1 aliphatic carbocycles. The van der Waals surface area contributed by atoms with Crippen molar-refractivity contribution in [3.8, 4) is 0 Å². The highest BCUT2D eigenvalue weighted by Gasteiger charge is 2.30. The smallest absolute Gasteiger partial charge is 0.280 e. The molecule has 3 N–H and O–H groups in total. The summed E-state index contributed by atoms with van der Waals surface area (Å²) in [4.78, 5) is 32.1. The first kappa shape index (κ1) is 23.2. The molecule has 184 valence electrons. The number of amides is 2. The highest BCUT2D eigenvalue weighted by atomic mass is 16.5. The van der Waals surface area contributed by atoms with Crippen LogP contribution in [0.3, 0.4) is 0 Å². The van der Waals surface area contributed by atoms with Gasteiger partial charge in [-0.2, -0.15) is 4.98 Å². The quantitative estimate of drug-likeness (QED) is 0.476. The number of aromatic amines is 1. The highest BCUT2D eigenvalue weighted by Crippen LogP contribution is 2.25. The van der Waals surface area contributed by atoms with E-state index in [4.69, 9.17) is 4.52 Å². The maximum Gasteiger partial charge on any atom is 0.280 e. The van der Waals surface area contributed by atoms with E-state index < -0.39 is 5.91 Å². The molecule has 3 heterocycles. The fraction of sp³-hybridized carbons (Fsp3) is 0.480. The number of likely N-dealkylation sites (tertiary alicyclic amines) is 1. The second-order valence-corrected chi connectivity index (χ2v) is 9.62. The standard InChI is InChI=1S/C25H31N7O3/c1-16-9-11-32(12-10-16)15-22(33)26-18-7-8-20-19(14-18)23(31-35-20)24(34)28-25-27-21(29-30-25)13-17-5-3-2-4-6-17/h2-6,16,18H,7-15H2,1H3,(H,26,33)(H2,27,28,29,30,34). The van der Waals surface area contributed by atoms with Gasteiger partial charge in [-0.25, -0.2) is 0 Å². The van der Waals surface area contributed by atoms with E-state index in [1.807, 2.05) is 30.3 Å². The molecule has 3 aromatic rings. The molecule has 1 aliphatic heterocycles. The Morgan fingerprint density at radius 1 is 1.17 bits per heavy atom. The van der Waals surface area contributed by atoms with E-state index in [0.29, 0.717) is 37.4 Å². The van der Waals surface area contributed by atoms with E-state index in [-0.39, 0.29) is 23.6 Å². The molecule has 0 radical (unpaired) electrons. The van der Waals surface area contributed by atoms with E-state index in [1.54, 1.807) is 0 Å². The number of piperidine rings is 1. The summed E-state index contributed by atoms with van der Waals surface area (Å²) >= 11 is 0. The average molecular weight is 478 g/mol. The Balaban J connectivity index is 1.17. The topological polar surface area (TPSA) is 129 Å². The van der Waals surface area contributed by atoms with Crippen molar-refractivity contribution >= 4 is 17.8 Å². The van der Waals surface area contributed by atoms with E-state index in [1.165, 1.54) is 0 Å². The molecule has 10 heteroatoms. The predicted octanol–water partition coefficient (Wildman–Crippen LogP) is 2.34. The lowest BCUT2D eigenvalue weighted by atomic mass is 9.91. The molecule has 2 amide bonds. The molecule has 0 spiro atoms. The summed E-state index contributed by atoms with van der Waals surface area (Å²) in [5, 5.41) is 16.8. The number of aryl methyl sites for hydroxylation is 1. The molecular weight excluding hydrogens is 446 g/mol. The zero-order valence-corrected chi connectivity index (χ0v) is 19.9. The van der Waals surface area contributed by atoms with Gasteiger partial charge in [-0.05, 0) is 50.3 Å². The maximum atomic E-state index is 12.9. The molecule has 1 atom stereocenters. The van der Waals surface area contributed by atoms with Gasteiger partial charge in [0.25, 0.3) is 5.91 Å². The molecule has 1 aromatic carbocycles. The predicted molar refractivity (Wildman–Crippen MR) is 129 cm³/mol. The molecule has 2 aromatic heterocycles. The van der Waals surface area contributed by atoms with Crippen LogP contribution in [0.1, 0.15) is 59.4 Å². The monoisotopic (exact) mass is 477 g/mol. The lowest BCUT2D eigenvalue weighted by Crippen LogP contribution is -2.46. The summed E-state index contributed by atoms with van der Waals surface area (Å²) in [7, 11) is 0. The number of hydrogen-bond donors (Lipinski definition) is 3. The van der Waals surface area contributed by atoms with Crippen molar-refractivity contribution in [2.75, 3.05) is 25.0 Å². The molecular formula is C25H31N7O3. The molecule has 1 unspecified atom stereocenters. The minimum absolute atomic E-state index is 0.0297. The Kier molecular flexibility index (Phi) is 6.89. The van der Waals surface area contributed by atoms with Crippen molar-refractivity contribution in [2.24, 2.45) is 5.92 Å². The van der Waals surface area contributed by atoms with Gasteiger partial charge in [-0.1, -0.05) is 42.4 Å². The van der Waals surface area contributed by atoms with Gasteiger partial charge < -0.3 is 9.84 Å². The van der Waals surface area contributed by atoms with Crippen LogP contribution in [0.2, 0.25) is 0 Å². The third-order valence-corrected chi connectivity index (χ3v) is 6.84. The summed E-state index contributed by atoms with van der Waals surface area (Å²) in [6.45, 7) is 4.61. The lowest BCUT2D eigenvalue weighted by molar-refractivity contribution is -0.123. The zero-order chi connectivity index (χ0) is 24.2. The van der Waals surface area contributed by atoms with Gasteiger partial charge in [0.1, 0.15) is 11.6 Å². The summed E-state index contributed by atoms with van der Waals surface area (Å²) in [6, 6.07) is 9.84. The number of fused-ring (bicyclic) bond motifs is 1. The Morgan fingerprint density at radius 3 is 2.77 bits per heavy atom. The first-order valence-corrected chi connectivity index (χ1v) is 12.3. The average Bonchev–Trinajstić information content (AvgIpc) is 3.47. The van der Waals surface area contributed by atoms with E-state index in [0.717, 1.165) is 49.4 Å². The molecule has 1 fully saturated rings. The number of H-pyrrole nitrogens is 1.